The zero-order valence-electron chi connectivity index (χ0n) is 8.61. The summed E-state index contributed by atoms with van der Waals surface area (Å²) in [6.45, 7) is 0. The zero-order valence-corrected chi connectivity index (χ0v) is 8.61. The van der Waals surface area contributed by atoms with Crippen molar-refractivity contribution in [3.05, 3.63) is 36.2 Å². The summed E-state index contributed by atoms with van der Waals surface area (Å²) in [4.78, 5) is 7.48. The second-order valence-corrected chi connectivity index (χ2v) is 3.27. The van der Waals surface area contributed by atoms with Crippen molar-refractivity contribution in [2.45, 2.75) is 0 Å². The number of hydrogen-bond acceptors (Lipinski definition) is 5. The summed E-state index contributed by atoms with van der Waals surface area (Å²) in [5.74, 6) is -1.15. The molecule has 88 valence electrons. The van der Waals surface area contributed by atoms with Crippen LogP contribution in [0.15, 0.2) is 24.5 Å². The topological polar surface area (TPSA) is 89.8 Å². The van der Waals surface area contributed by atoms with Crippen LogP contribution in [0.2, 0.25) is 0 Å². The van der Waals surface area contributed by atoms with Gasteiger partial charge in [0, 0.05) is 6.07 Å². The summed E-state index contributed by atoms with van der Waals surface area (Å²) in [6.07, 6.45) is 1.19. The maximum Gasteiger partial charge on any atom is 0.159 e. The molecule has 0 aliphatic carbocycles. The lowest BCUT2D eigenvalue weighted by Crippen LogP contribution is -2.05. The lowest BCUT2D eigenvalue weighted by Gasteiger charge is -2.09. The molecule has 1 heterocycles. The first-order valence-electron chi connectivity index (χ1n) is 4.66. The molecule has 0 unspecified atom stereocenters. The van der Waals surface area contributed by atoms with Crippen molar-refractivity contribution in [2.24, 2.45) is 0 Å². The molecular formula is C10H9F2N5. The standard InChI is InChI=1S/C10H9F2N5/c11-5-1-2-7(6(12)3-5)17-10-8(13)9(14)15-4-16-10/h1-4H,13H2,(H3,14,15,16,17). The Labute approximate surface area is 95.5 Å². The number of aromatic nitrogens is 2. The van der Waals surface area contributed by atoms with E-state index in [4.69, 9.17) is 11.5 Å². The summed E-state index contributed by atoms with van der Waals surface area (Å²) in [6, 6.07) is 3.11. The second kappa shape index (κ2) is 4.20. The van der Waals surface area contributed by atoms with E-state index in [1.807, 2.05) is 0 Å². The number of hydrogen-bond donors (Lipinski definition) is 3. The van der Waals surface area contributed by atoms with Gasteiger partial charge in [-0.25, -0.2) is 18.7 Å². The molecule has 0 radical (unpaired) electrons. The van der Waals surface area contributed by atoms with E-state index in [1.165, 1.54) is 12.4 Å². The van der Waals surface area contributed by atoms with Crippen LogP contribution >= 0.6 is 0 Å². The predicted octanol–water partition coefficient (Wildman–Crippen LogP) is 1.66. The summed E-state index contributed by atoms with van der Waals surface area (Å²) >= 11 is 0. The fourth-order valence-corrected chi connectivity index (χ4v) is 1.23. The molecule has 7 heteroatoms. The van der Waals surface area contributed by atoms with Crippen LogP contribution in [0.25, 0.3) is 0 Å². The third-order valence-electron chi connectivity index (χ3n) is 2.10. The van der Waals surface area contributed by atoms with Crippen LogP contribution in [0, 0.1) is 11.6 Å². The molecule has 0 saturated carbocycles. The van der Waals surface area contributed by atoms with Gasteiger partial charge in [0.15, 0.2) is 11.6 Å². The number of nitrogens with one attached hydrogen (secondary N) is 1. The van der Waals surface area contributed by atoms with Gasteiger partial charge < -0.3 is 16.8 Å². The summed E-state index contributed by atoms with van der Waals surface area (Å²) in [7, 11) is 0. The van der Waals surface area contributed by atoms with Crippen LogP contribution in [0.5, 0.6) is 0 Å². The first-order chi connectivity index (χ1) is 8.08. The molecule has 5 nitrogen and oxygen atoms in total. The van der Waals surface area contributed by atoms with E-state index in [1.54, 1.807) is 0 Å². The SMILES string of the molecule is Nc1ncnc(Nc2ccc(F)cc2F)c1N. The number of halogens is 2. The van der Waals surface area contributed by atoms with Crippen molar-refractivity contribution in [1.29, 1.82) is 0 Å². The minimum atomic E-state index is -0.749. The van der Waals surface area contributed by atoms with Crippen molar-refractivity contribution < 1.29 is 8.78 Å². The van der Waals surface area contributed by atoms with Gasteiger partial charge in [-0.2, -0.15) is 0 Å². The predicted molar refractivity (Wildman–Crippen MR) is 60.5 cm³/mol. The normalized spacial score (nSPS) is 10.2. The van der Waals surface area contributed by atoms with Crippen LogP contribution in [0.4, 0.5) is 31.8 Å². The summed E-state index contributed by atoms with van der Waals surface area (Å²) < 4.78 is 26.0. The lowest BCUT2D eigenvalue weighted by molar-refractivity contribution is 0.586. The molecule has 2 rings (SSSR count). The maximum atomic E-state index is 13.4. The Morgan fingerprint density at radius 3 is 2.59 bits per heavy atom. The highest BCUT2D eigenvalue weighted by atomic mass is 19.1. The van der Waals surface area contributed by atoms with Gasteiger partial charge in [-0.1, -0.05) is 0 Å². The Kier molecular flexibility index (Phi) is 2.73. The Morgan fingerprint density at radius 2 is 1.88 bits per heavy atom. The third-order valence-corrected chi connectivity index (χ3v) is 2.10. The number of anilines is 4. The fraction of sp³-hybridized carbons (Fsp3) is 0. The van der Waals surface area contributed by atoms with Gasteiger partial charge in [0.05, 0.1) is 5.69 Å². The first-order valence-corrected chi connectivity index (χ1v) is 4.66. The van der Waals surface area contributed by atoms with Crippen molar-refractivity contribution in [2.75, 3.05) is 16.8 Å². The lowest BCUT2D eigenvalue weighted by atomic mass is 10.3. The van der Waals surface area contributed by atoms with Gasteiger partial charge in [0.2, 0.25) is 0 Å². The number of nitrogens with zero attached hydrogens (tertiary/aromatic N) is 2. The van der Waals surface area contributed by atoms with Gasteiger partial charge in [-0.15, -0.1) is 0 Å². The van der Waals surface area contributed by atoms with E-state index >= 15 is 0 Å². The van der Waals surface area contributed by atoms with E-state index in [0.29, 0.717) is 0 Å². The van der Waals surface area contributed by atoms with E-state index in [-0.39, 0.29) is 23.0 Å². The largest absolute Gasteiger partial charge is 0.393 e. The smallest absolute Gasteiger partial charge is 0.159 e. The molecule has 0 fully saturated rings. The van der Waals surface area contributed by atoms with Crippen LogP contribution in [0.3, 0.4) is 0 Å². The van der Waals surface area contributed by atoms with Gasteiger partial charge in [0.1, 0.15) is 23.6 Å². The Balaban J connectivity index is 2.35. The van der Waals surface area contributed by atoms with Crippen LogP contribution < -0.4 is 16.8 Å². The first kappa shape index (κ1) is 11.1. The Morgan fingerprint density at radius 1 is 1.12 bits per heavy atom. The number of nitrogen functional groups attached to an aromatic ring is 2. The average Bonchev–Trinajstić information content (AvgIpc) is 2.28. The molecule has 0 atom stereocenters. The molecule has 0 spiro atoms. The molecule has 0 amide bonds. The average molecular weight is 237 g/mol. The van der Waals surface area contributed by atoms with Crippen LogP contribution in [0.1, 0.15) is 0 Å². The molecule has 0 saturated heterocycles. The second-order valence-electron chi connectivity index (χ2n) is 3.27. The molecule has 1 aromatic carbocycles. The molecule has 2 aromatic rings. The van der Waals surface area contributed by atoms with Crippen molar-refractivity contribution in [1.82, 2.24) is 9.97 Å². The van der Waals surface area contributed by atoms with Crippen LogP contribution in [-0.2, 0) is 0 Å². The summed E-state index contributed by atoms with van der Waals surface area (Å²) in [5, 5.41) is 2.61. The van der Waals surface area contributed by atoms with Crippen LogP contribution in [-0.4, -0.2) is 9.97 Å². The van der Waals surface area contributed by atoms with E-state index in [9.17, 15) is 8.78 Å². The Hall–Kier alpha value is -2.44. The highest BCUT2D eigenvalue weighted by Crippen LogP contribution is 2.25. The van der Waals surface area contributed by atoms with E-state index < -0.39 is 11.6 Å². The quantitative estimate of drug-likeness (QED) is 0.739. The summed E-state index contributed by atoms with van der Waals surface area (Å²) in [5.41, 5.74) is 11.2. The molecule has 0 bridgehead atoms. The van der Waals surface area contributed by atoms with Gasteiger partial charge in [-0.05, 0) is 12.1 Å². The maximum absolute atomic E-state index is 13.4. The van der Waals surface area contributed by atoms with Crippen molar-refractivity contribution >= 4 is 23.0 Å². The third kappa shape index (κ3) is 2.22. The molecular weight excluding hydrogens is 228 g/mol. The highest BCUT2D eigenvalue weighted by Gasteiger charge is 2.08. The van der Waals surface area contributed by atoms with E-state index in [2.05, 4.69) is 15.3 Å². The molecule has 5 N–H and O–H groups in total. The Bertz CT molecular complexity index is 558. The van der Waals surface area contributed by atoms with Crippen molar-refractivity contribution in [3.63, 3.8) is 0 Å². The fourth-order valence-electron chi connectivity index (χ4n) is 1.23. The number of benzene rings is 1. The molecule has 1 aromatic heterocycles. The minimum absolute atomic E-state index is 0.0520. The van der Waals surface area contributed by atoms with Gasteiger partial charge >= 0.3 is 0 Å². The van der Waals surface area contributed by atoms with Gasteiger partial charge in [0.25, 0.3) is 0 Å². The molecule has 17 heavy (non-hydrogen) atoms. The highest BCUT2D eigenvalue weighted by molar-refractivity contribution is 5.76. The van der Waals surface area contributed by atoms with Crippen molar-refractivity contribution in [3.8, 4) is 0 Å². The minimum Gasteiger partial charge on any atom is -0.393 e. The number of nitrogens with two attached hydrogens (primary N) is 2. The van der Waals surface area contributed by atoms with Gasteiger partial charge in [-0.3, -0.25) is 0 Å². The molecule has 0 aliphatic heterocycles. The zero-order chi connectivity index (χ0) is 12.4. The van der Waals surface area contributed by atoms with E-state index in [0.717, 1.165) is 12.1 Å². The number of rotatable bonds is 2. The molecule has 0 aliphatic rings. The monoisotopic (exact) mass is 237 g/mol.